The lowest BCUT2D eigenvalue weighted by atomic mass is 10.1. The highest BCUT2D eigenvalue weighted by atomic mass is 15.1. The molecular weight excluding hydrogens is 158 g/mol. The van der Waals surface area contributed by atoms with E-state index in [0.29, 0.717) is 0 Å². The standard InChI is InChI=1S/C10H13N.C2H6/c1-8-4-3-5-9-6-7-11(2)10(8)9;1-2/h3-5H,6-7H2,1-2H3;1-2H3. The van der Waals surface area contributed by atoms with E-state index in [2.05, 4.69) is 37.1 Å². The summed E-state index contributed by atoms with van der Waals surface area (Å²) in [6.45, 7) is 7.36. The molecule has 1 nitrogen and oxygen atoms in total. The van der Waals surface area contributed by atoms with Crippen molar-refractivity contribution in [2.75, 3.05) is 18.5 Å². The molecule has 0 saturated heterocycles. The van der Waals surface area contributed by atoms with Crippen LogP contribution in [0.25, 0.3) is 0 Å². The number of hydrogen-bond donors (Lipinski definition) is 0. The summed E-state index contributed by atoms with van der Waals surface area (Å²) in [4.78, 5) is 2.34. The molecule has 0 spiro atoms. The fourth-order valence-electron chi connectivity index (χ4n) is 1.87. The number of hydrogen-bond acceptors (Lipinski definition) is 1. The van der Waals surface area contributed by atoms with Crippen molar-refractivity contribution < 1.29 is 0 Å². The van der Waals surface area contributed by atoms with Gasteiger partial charge < -0.3 is 4.90 Å². The monoisotopic (exact) mass is 177 g/mol. The van der Waals surface area contributed by atoms with E-state index in [9.17, 15) is 0 Å². The van der Waals surface area contributed by atoms with E-state index in [1.54, 1.807) is 0 Å². The molecule has 0 radical (unpaired) electrons. The summed E-state index contributed by atoms with van der Waals surface area (Å²) in [5.41, 5.74) is 4.36. The largest absolute Gasteiger partial charge is 0.374 e. The molecule has 1 heterocycles. The van der Waals surface area contributed by atoms with Gasteiger partial charge >= 0.3 is 0 Å². The molecule has 0 fully saturated rings. The van der Waals surface area contributed by atoms with Gasteiger partial charge in [0.1, 0.15) is 0 Å². The Balaban J connectivity index is 0.000000396. The minimum absolute atomic E-state index is 1.18. The maximum Gasteiger partial charge on any atom is 0.0426 e. The molecule has 2 rings (SSSR count). The Morgan fingerprint density at radius 1 is 1.23 bits per heavy atom. The van der Waals surface area contributed by atoms with E-state index >= 15 is 0 Å². The van der Waals surface area contributed by atoms with Gasteiger partial charge in [0.25, 0.3) is 0 Å². The van der Waals surface area contributed by atoms with E-state index in [-0.39, 0.29) is 0 Å². The number of benzene rings is 1. The normalized spacial score (nSPS) is 13.4. The number of anilines is 1. The maximum absolute atomic E-state index is 2.34. The van der Waals surface area contributed by atoms with E-state index in [4.69, 9.17) is 0 Å². The topological polar surface area (TPSA) is 3.24 Å². The van der Waals surface area contributed by atoms with Crippen LogP contribution in [0.2, 0.25) is 0 Å². The van der Waals surface area contributed by atoms with Crippen LogP contribution in [-0.4, -0.2) is 13.6 Å². The first-order chi connectivity index (χ1) is 6.29. The average Bonchev–Trinajstić information content (AvgIpc) is 2.53. The number of rotatable bonds is 0. The van der Waals surface area contributed by atoms with Gasteiger partial charge in [-0.05, 0) is 24.5 Å². The van der Waals surface area contributed by atoms with Gasteiger partial charge in [-0.1, -0.05) is 32.0 Å². The number of likely N-dealkylation sites (N-methyl/N-ethyl adjacent to an activating group) is 1. The Labute approximate surface area is 81.4 Å². The molecule has 0 N–H and O–H groups in total. The molecule has 0 bridgehead atoms. The zero-order valence-corrected chi connectivity index (χ0v) is 9.09. The molecule has 0 atom stereocenters. The number of para-hydroxylation sites is 1. The minimum Gasteiger partial charge on any atom is -0.374 e. The predicted octanol–water partition coefficient (Wildman–Crippen LogP) is 3.01. The van der Waals surface area contributed by atoms with Crippen molar-refractivity contribution in [2.45, 2.75) is 27.2 Å². The first kappa shape index (κ1) is 10.1. The summed E-state index contributed by atoms with van der Waals surface area (Å²) in [6.07, 6.45) is 1.22. The van der Waals surface area contributed by atoms with Crippen molar-refractivity contribution in [3.05, 3.63) is 29.3 Å². The highest BCUT2D eigenvalue weighted by molar-refractivity contribution is 5.62. The SMILES string of the molecule is CC.Cc1cccc2c1N(C)CC2. The van der Waals surface area contributed by atoms with Crippen LogP contribution in [0.3, 0.4) is 0 Å². The second-order valence-electron chi connectivity index (χ2n) is 3.25. The van der Waals surface area contributed by atoms with Gasteiger partial charge in [0.15, 0.2) is 0 Å². The fourth-order valence-corrected chi connectivity index (χ4v) is 1.87. The summed E-state index contributed by atoms with van der Waals surface area (Å²) in [7, 11) is 2.17. The maximum atomic E-state index is 2.34. The van der Waals surface area contributed by atoms with Crippen molar-refractivity contribution in [1.82, 2.24) is 0 Å². The van der Waals surface area contributed by atoms with Crippen molar-refractivity contribution in [3.63, 3.8) is 0 Å². The molecule has 1 aliphatic rings. The van der Waals surface area contributed by atoms with E-state index in [0.717, 1.165) is 0 Å². The van der Waals surface area contributed by atoms with Gasteiger partial charge in [0, 0.05) is 19.3 Å². The third-order valence-electron chi connectivity index (χ3n) is 2.42. The lowest BCUT2D eigenvalue weighted by Gasteiger charge is -2.13. The van der Waals surface area contributed by atoms with Crippen molar-refractivity contribution in [2.24, 2.45) is 0 Å². The first-order valence-electron chi connectivity index (χ1n) is 5.08. The third-order valence-corrected chi connectivity index (χ3v) is 2.42. The Bertz CT molecular complexity index is 278. The zero-order chi connectivity index (χ0) is 9.84. The van der Waals surface area contributed by atoms with Gasteiger partial charge in [-0.15, -0.1) is 0 Å². The summed E-state index contributed by atoms with van der Waals surface area (Å²) < 4.78 is 0. The van der Waals surface area contributed by atoms with E-state index in [1.807, 2.05) is 13.8 Å². The third kappa shape index (κ3) is 1.85. The van der Waals surface area contributed by atoms with Gasteiger partial charge in [-0.2, -0.15) is 0 Å². The van der Waals surface area contributed by atoms with Gasteiger partial charge in [-0.25, -0.2) is 0 Å². The molecule has 0 aromatic heterocycles. The van der Waals surface area contributed by atoms with Crippen molar-refractivity contribution in [1.29, 1.82) is 0 Å². The molecule has 0 unspecified atom stereocenters. The second kappa shape index (κ2) is 4.31. The molecule has 1 aliphatic heterocycles. The van der Waals surface area contributed by atoms with Crippen molar-refractivity contribution >= 4 is 5.69 Å². The van der Waals surface area contributed by atoms with Crippen LogP contribution < -0.4 is 4.90 Å². The van der Waals surface area contributed by atoms with Crippen LogP contribution >= 0.6 is 0 Å². The number of fused-ring (bicyclic) bond motifs is 1. The van der Waals surface area contributed by atoms with Gasteiger partial charge in [0.2, 0.25) is 0 Å². The highest BCUT2D eigenvalue weighted by Crippen LogP contribution is 2.29. The Morgan fingerprint density at radius 2 is 1.92 bits per heavy atom. The van der Waals surface area contributed by atoms with Crippen LogP contribution in [0.1, 0.15) is 25.0 Å². The fraction of sp³-hybridized carbons (Fsp3) is 0.500. The van der Waals surface area contributed by atoms with Crippen LogP contribution in [0, 0.1) is 6.92 Å². The molecule has 1 aromatic carbocycles. The summed E-state index contributed by atoms with van der Waals surface area (Å²) >= 11 is 0. The Hall–Kier alpha value is -0.980. The lowest BCUT2D eigenvalue weighted by molar-refractivity contribution is 0.954. The van der Waals surface area contributed by atoms with Crippen LogP contribution in [0.5, 0.6) is 0 Å². The molecule has 13 heavy (non-hydrogen) atoms. The van der Waals surface area contributed by atoms with E-state index < -0.39 is 0 Å². The smallest absolute Gasteiger partial charge is 0.0426 e. The minimum atomic E-state index is 1.18. The molecular formula is C12H19N. The molecule has 1 aromatic rings. The Morgan fingerprint density at radius 3 is 2.54 bits per heavy atom. The molecule has 0 saturated carbocycles. The van der Waals surface area contributed by atoms with Crippen LogP contribution in [-0.2, 0) is 6.42 Å². The molecule has 72 valence electrons. The van der Waals surface area contributed by atoms with Crippen molar-refractivity contribution in [3.8, 4) is 0 Å². The van der Waals surface area contributed by atoms with Crippen LogP contribution in [0.15, 0.2) is 18.2 Å². The molecule has 0 aliphatic carbocycles. The number of nitrogens with zero attached hydrogens (tertiary/aromatic N) is 1. The van der Waals surface area contributed by atoms with E-state index in [1.165, 1.54) is 29.8 Å². The molecule has 0 amide bonds. The first-order valence-corrected chi connectivity index (χ1v) is 5.08. The quantitative estimate of drug-likeness (QED) is 0.589. The van der Waals surface area contributed by atoms with Gasteiger partial charge in [-0.3, -0.25) is 0 Å². The summed E-state index contributed by atoms with van der Waals surface area (Å²) in [5.74, 6) is 0. The lowest BCUT2D eigenvalue weighted by Crippen LogP contribution is -2.13. The Kier molecular flexibility index (Phi) is 3.35. The second-order valence-corrected chi connectivity index (χ2v) is 3.25. The zero-order valence-electron chi connectivity index (χ0n) is 9.09. The predicted molar refractivity (Wildman–Crippen MR) is 59.5 cm³/mol. The van der Waals surface area contributed by atoms with Crippen LogP contribution in [0.4, 0.5) is 5.69 Å². The average molecular weight is 177 g/mol. The summed E-state index contributed by atoms with van der Waals surface area (Å²) in [5, 5.41) is 0. The highest BCUT2D eigenvalue weighted by Gasteiger charge is 2.16. The summed E-state index contributed by atoms with van der Waals surface area (Å²) in [6, 6.07) is 6.56. The number of aryl methyl sites for hydroxylation is 1. The molecule has 1 heteroatoms. The van der Waals surface area contributed by atoms with Gasteiger partial charge in [0.05, 0.1) is 0 Å².